The molecular weight excluding hydrogens is 257 g/mol. The lowest BCUT2D eigenvalue weighted by molar-refractivity contribution is 0.852. The number of terminal acetylenes is 1. The maximum absolute atomic E-state index is 5.94. The van der Waals surface area contributed by atoms with Crippen molar-refractivity contribution < 1.29 is 0 Å². The minimum absolute atomic E-state index is 0.389. The Hall–Kier alpha value is -1.63. The summed E-state index contributed by atoms with van der Waals surface area (Å²) in [6.45, 7) is 0.389. The van der Waals surface area contributed by atoms with Crippen molar-refractivity contribution in [3.05, 3.63) is 34.6 Å². The van der Waals surface area contributed by atoms with E-state index >= 15 is 0 Å². The predicted molar refractivity (Wildman–Crippen MR) is 70.9 cm³/mol. The molecule has 0 aliphatic carbocycles. The van der Waals surface area contributed by atoms with Gasteiger partial charge in [0.2, 0.25) is 0 Å². The molecule has 1 heterocycles. The Kier molecular flexibility index (Phi) is 3.28. The van der Waals surface area contributed by atoms with Crippen LogP contribution in [-0.2, 0) is 6.54 Å². The molecule has 0 aliphatic rings. The van der Waals surface area contributed by atoms with E-state index in [1.165, 1.54) is 0 Å². The van der Waals surface area contributed by atoms with Gasteiger partial charge in [0.1, 0.15) is 11.5 Å². The molecule has 0 atom stereocenters. The van der Waals surface area contributed by atoms with Crippen molar-refractivity contribution in [2.45, 2.75) is 6.54 Å². The van der Waals surface area contributed by atoms with Gasteiger partial charge >= 0.3 is 0 Å². The van der Waals surface area contributed by atoms with E-state index in [0.29, 0.717) is 28.1 Å². The fraction of sp³-hybridized carbons (Fsp3) is 0.0833. The first kappa shape index (κ1) is 11.8. The van der Waals surface area contributed by atoms with Crippen molar-refractivity contribution >= 4 is 29.0 Å². The van der Waals surface area contributed by atoms with Crippen LogP contribution in [0.2, 0.25) is 10.0 Å². The Balaban J connectivity index is 2.47. The van der Waals surface area contributed by atoms with Gasteiger partial charge in [-0.3, -0.25) is 0 Å². The summed E-state index contributed by atoms with van der Waals surface area (Å²) in [6.07, 6.45) is 6.83. The number of nitrogens with two attached hydrogens (primary N) is 1. The molecule has 0 bridgehead atoms. The molecule has 0 unspecified atom stereocenters. The third kappa shape index (κ3) is 2.23. The normalized spacial score (nSPS) is 10.2. The van der Waals surface area contributed by atoms with E-state index in [1.807, 2.05) is 6.07 Å². The van der Waals surface area contributed by atoms with E-state index in [1.54, 1.807) is 23.0 Å². The number of rotatable bonds is 2. The van der Waals surface area contributed by atoms with Crippen molar-refractivity contribution in [1.82, 2.24) is 9.55 Å². The minimum atomic E-state index is 0.389. The van der Waals surface area contributed by atoms with Crippen molar-refractivity contribution in [2.24, 2.45) is 0 Å². The van der Waals surface area contributed by atoms with Gasteiger partial charge in [-0.05, 0) is 12.1 Å². The van der Waals surface area contributed by atoms with E-state index < -0.39 is 0 Å². The van der Waals surface area contributed by atoms with Gasteiger partial charge in [-0.15, -0.1) is 6.42 Å². The summed E-state index contributed by atoms with van der Waals surface area (Å²) in [5.74, 6) is 3.02. The molecule has 1 aromatic carbocycles. The summed E-state index contributed by atoms with van der Waals surface area (Å²) in [6, 6.07) is 5.24. The van der Waals surface area contributed by atoms with Crippen LogP contribution in [0, 0.1) is 12.3 Å². The zero-order valence-electron chi connectivity index (χ0n) is 8.82. The van der Waals surface area contributed by atoms with Gasteiger partial charge in [0, 0.05) is 5.56 Å². The van der Waals surface area contributed by atoms with E-state index in [-0.39, 0.29) is 0 Å². The van der Waals surface area contributed by atoms with Crippen LogP contribution in [0.1, 0.15) is 0 Å². The molecule has 0 saturated carbocycles. The highest BCUT2D eigenvalue weighted by Gasteiger charge is 2.10. The Morgan fingerprint density at radius 1 is 1.35 bits per heavy atom. The lowest BCUT2D eigenvalue weighted by Gasteiger charge is -2.03. The van der Waals surface area contributed by atoms with E-state index in [4.69, 9.17) is 35.4 Å². The molecule has 0 fully saturated rings. The smallest absolute Gasteiger partial charge is 0.132 e. The number of benzene rings is 1. The van der Waals surface area contributed by atoms with Gasteiger partial charge in [0.05, 0.1) is 22.9 Å². The highest BCUT2D eigenvalue weighted by Crippen LogP contribution is 2.30. The van der Waals surface area contributed by atoms with Gasteiger partial charge in [-0.2, -0.15) is 0 Å². The lowest BCUT2D eigenvalue weighted by atomic mass is 10.1. The quantitative estimate of drug-likeness (QED) is 0.849. The number of halogens is 2. The summed E-state index contributed by atoms with van der Waals surface area (Å²) in [7, 11) is 0. The molecule has 1 aromatic heterocycles. The molecule has 86 valence electrons. The summed E-state index contributed by atoms with van der Waals surface area (Å²) in [5.41, 5.74) is 7.40. The number of imidazole rings is 1. The van der Waals surface area contributed by atoms with Crippen LogP contribution in [0.5, 0.6) is 0 Å². The molecule has 2 N–H and O–H groups in total. The van der Waals surface area contributed by atoms with Gasteiger partial charge in [-0.25, -0.2) is 4.98 Å². The first-order valence-corrected chi connectivity index (χ1v) is 5.58. The Morgan fingerprint density at radius 3 is 2.76 bits per heavy atom. The molecule has 2 aromatic rings. The molecule has 0 aliphatic heterocycles. The van der Waals surface area contributed by atoms with Gasteiger partial charge in [0.25, 0.3) is 0 Å². The number of aromatic nitrogens is 2. The second-order valence-corrected chi connectivity index (χ2v) is 4.25. The topological polar surface area (TPSA) is 43.8 Å². The molecular formula is C12H9Cl2N3. The highest BCUT2D eigenvalue weighted by atomic mass is 35.5. The van der Waals surface area contributed by atoms with Gasteiger partial charge in [-0.1, -0.05) is 35.2 Å². The van der Waals surface area contributed by atoms with Crippen LogP contribution >= 0.6 is 23.2 Å². The van der Waals surface area contributed by atoms with E-state index in [2.05, 4.69) is 10.9 Å². The second-order valence-electron chi connectivity index (χ2n) is 3.44. The lowest BCUT2D eigenvalue weighted by Crippen LogP contribution is -2.00. The molecule has 0 saturated heterocycles. The zero-order valence-corrected chi connectivity index (χ0v) is 10.3. The fourth-order valence-corrected chi connectivity index (χ4v) is 1.78. The third-order valence-electron chi connectivity index (χ3n) is 2.33. The maximum atomic E-state index is 5.94. The van der Waals surface area contributed by atoms with E-state index in [9.17, 15) is 0 Å². The first-order valence-electron chi connectivity index (χ1n) is 4.83. The standard InChI is InChI=1S/C12H9Cl2N3/c1-2-5-17-7-16-11(12(17)15)8-3-4-9(13)10(14)6-8/h1,3-4,6-7H,5,15H2. The number of hydrogen-bond donors (Lipinski definition) is 1. The summed E-state index contributed by atoms with van der Waals surface area (Å²) < 4.78 is 1.69. The molecule has 5 heteroatoms. The van der Waals surface area contributed by atoms with E-state index in [0.717, 1.165) is 5.56 Å². The predicted octanol–water partition coefficient (Wildman–Crippen LogP) is 3.07. The molecule has 2 rings (SSSR count). The summed E-state index contributed by atoms with van der Waals surface area (Å²) in [4.78, 5) is 4.22. The van der Waals surface area contributed by atoms with Crippen LogP contribution in [0.4, 0.5) is 5.82 Å². The molecule has 0 radical (unpaired) electrons. The minimum Gasteiger partial charge on any atom is -0.383 e. The van der Waals surface area contributed by atoms with Crippen molar-refractivity contribution in [3.63, 3.8) is 0 Å². The Bertz CT molecular complexity index is 596. The van der Waals surface area contributed by atoms with Crippen molar-refractivity contribution in [1.29, 1.82) is 0 Å². The van der Waals surface area contributed by atoms with Crippen LogP contribution in [0.3, 0.4) is 0 Å². The van der Waals surface area contributed by atoms with Crippen molar-refractivity contribution in [2.75, 3.05) is 5.73 Å². The van der Waals surface area contributed by atoms with Crippen LogP contribution in [0.25, 0.3) is 11.3 Å². The molecule has 0 spiro atoms. The fourth-order valence-electron chi connectivity index (χ4n) is 1.48. The van der Waals surface area contributed by atoms with Crippen LogP contribution < -0.4 is 5.73 Å². The maximum Gasteiger partial charge on any atom is 0.132 e. The number of hydrogen-bond acceptors (Lipinski definition) is 2. The third-order valence-corrected chi connectivity index (χ3v) is 3.07. The SMILES string of the molecule is C#CCn1cnc(-c2ccc(Cl)c(Cl)c2)c1N. The zero-order chi connectivity index (χ0) is 12.4. The monoisotopic (exact) mass is 265 g/mol. The van der Waals surface area contributed by atoms with Gasteiger partial charge in [0.15, 0.2) is 0 Å². The second kappa shape index (κ2) is 4.70. The number of anilines is 1. The molecule has 0 amide bonds. The average Bonchev–Trinajstić information content (AvgIpc) is 2.66. The van der Waals surface area contributed by atoms with Crippen molar-refractivity contribution in [3.8, 4) is 23.6 Å². The highest BCUT2D eigenvalue weighted by molar-refractivity contribution is 6.42. The summed E-state index contributed by atoms with van der Waals surface area (Å²) >= 11 is 11.8. The Morgan fingerprint density at radius 2 is 2.12 bits per heavy atom. The Labute approximate surface area is 109 Å². The molecule has 17 heavy (non-hydrogen) atoms. The summed E-state index contributed by atoms with van der Waals surface area (Å²) in [5, 5.41) is 0.965. The van der Waals surface area contributed by atoms with Crippen LogP contribution in [0.15, 0.2) is 24.5 Å². The average molecular weight is 266 g/mol. The van der Waals surface area contributed by atoms with Gasteiger partial charge < -0.3 is 10.3 Å². The largest absolute Gasteiger partial charge is 0.383 e. The number of nitrogen functional groups attached to an aromatic ring is 1. The van der Waals surface area contributed by atoms with Crippen LogP contribution in [-0.4, -0.2) is 9.55 Å². The molecule has 3 nitrogen and oxygen atoms in total. The number of nitrogens with zero attached hydrogens (tertiary/aromatic N) is 2. The first-order chi connectivity index (χ1) is 8.13.